The van der Waals surface area contributed by atoms with E-state index in [1.807, 2.05) is 32.3 Å². The molecule has 7 nitrogen and oxygen atoms in total. The summed E-state index contributed by atoms with van der Waals surface area (Å²) in [6, 6.07) is 8.83. The quantitative estimate of drug-likeness (QED) is 0.718. The van der Waals surface area contributed by atoms with Crippen LogP contribution in [0.1, 0.15) is 23.7 Å². The largest absolute Gasteiger partial charge is 0.378 e. The van der Waals surface area contributed by atoms with Crippen LogP contribution in [0.3, 0.4) is 0 Å². The van der Waals surface area contributed by atoms with Gasteiger partial charge in [0.05, 0.1) is 48.2 Å². The van der Waals surface area contributed by atoms with Gasteiger partial charge in [-0.25, -0.2) is 0 Å². The van der Waals surface area contributed by atoms with Gasteiger partial charge in [-0.05, 0) is 43.2 Å². The molecule has 156 valence electrons. The molecule has 3 aromatic rings. The zero-order chi connectivity index (χ0) is 20.7. The molecule has 30 heavy (non-hydrogen) atoms. The number of ether oxygens (including phenoxy) is 1. The van der Waals surface area contributed by atoms with Crippen LogP contribution < -0.4 is 10.5 Å². The number of nitrogens with zero attached hydrogens (tertiary/aromatic N) is 4. The van der Waals surface area contributed by atoms with Crippen LogP contribution in [0, 0.1) is 6.92 Å². The number of pyridine rings is 3. The van der Waals surface area contributed by atoms with E-state index in [1.165, 1.54) is 0 Å². The molecule has 5 rings (SSSR count). The highest BCUT2D eigenvalue weighted by Crippen LogP contribution is 2.29. The molecule has 5 heterocycles. The Balaban J connectivity index is 1.37. The van der Waals surface area contributed by atoms with Crippen molar-refractivity contribution < 1.29 is 4.74 Å². The summed E-state index contributed by atoms with van der Waals surface area (Å²) >= 11 is 0. The minimum Gasteiger partial charge on any atom is -0.378 e. The first kappa shape index (κ1) is 19.2. The molecular formula is C23H27N5O2. The van der Waals surface area contributed by atoms with Gasteiger partial charge in [0.25, 0.3) is 5.56 Å². The molecule has 2 saturated heterocycles. The van der Waals surface area contributed by atoms with Crippen molar-refractivity contribution in [1.82, 2.24) is 19.9 Å². The molecule has 0 aromatic carbocycles. The second kappa shape index (κ2) is 7.81. The fourth-order valence-corrected chi connectivity index (χ4v) is 4.64. The average Bonchev–Trinajstić information content (AvgIpc) is 3.25. The van der Waals surface area contributed by atoms with Crippen LogP contribution in [0.2, 0.25) is 0 Å². The second-order valence-electron chi connectivity index (χ2n) is 8.25. The standard InChI is InChI=1S/C23H27N5O2/c1-3-17-9-19-20(26-23(17)29)8-16(10-25-19)12-27-6-7-28(22-14-30-13-21(22)27)18-5-4-15(2)24-11-18/h4-5,8-11,21-22H,3,6-7,12-14H2,1-2H3,(H,26,29). The van der Waals surface area contributed by atoms with Crippen molar-refractivity contribution in [2.24, 2.45) is 0 Å². The highest BCUT2D eigenvalue weighted by Gasteiger charge is 2.40. The molecule has 2 atom stereocenters. The maximum atomic E-state index is 12.2. The van der Waals surface area contributed by atoms with Crippen LogP contribution in [0.25, 0.3) is 11.0 Å². The zero-order valence-corrected chi connectivity index (χ0v) is 17.5. The number of H-pyrrole nitrogens is 1. The zero-order valence-electron chi connectivity index (χ0n) is 17.5. The van der Waals surface area contributed by atoms with Crippen LogP contribution >= 0.6 is 0 Å². The Kier molecular flexibility index (Phi) is 5.00. The number of hydrogen-bond donors (Lipinski definition) is 1. The summed E-state index contributed by atoms with van der Waals surface area (Å²) in [5, 5.41) is 0. The van der Waals surface area contributed by atoms with E-state index in [1.54, 1.807) is 0 Å². The van der Waals surface area contributed by atoms with Crippen LogP contribution in [0.15, 0.2) is 41.5 Å². The fraction of sp³-hybridized carbons (Fsp3) is 0.435. The lowest BCUT2D eigenvalue weighted by atomic mass is 10.0. The van der Waals surface area contributed by atoms with E-state index in [2.05, 4.69) is 43.0 Å². The summed E-state index contributed by atoms with van der Waals surface area (Å²) in [7, 11) is 0. The molecule has 2 aliphatic heterocycles. The number of aromatic amines is 1. The number of piperazine rings is 1. The Morgan fingerprint density at radius 3 is 2.80 bits per heavy atom. The molecule has 7 heteroatoms. The SMILES string of the molecule is CCc1cc2ncc(CN3CCN(c4ccc(C)nc4)C4COCC43)cc2[nH]c1=O. The summed E-state index contributed by atoms with van der Waals surface area (Å²) in [4.78, 5) is 29.2. The molecule has 0 radical (unpaired) electrons. The number of hydrogen-bond acceptors (Lipinski definition) is 6. The van der Waals surface area contributed by atoms with Crippen molar-refractivity contribution in [2.75, 3.05) is 31.2 Å². The molecule has 3 aromatic heterocycles. The first-order chi connectivity index (χ1) is 14.6. The summed E-state index contributed by atoms with van der Waals surface area (Å²) in [6.07, 6.45) is 4.61. The smallest absolute Gasteiger partial charge is 0.251 e. The van der Waals surface area contributed by atoms with Crippen molar-refractivity contribution in [3.63, 3.8) is 0 Å². The molecule has 2 fully saturated rings. The summed E-state index contributed by atoms with van der Waals surface area (Å²) < 4.78 is 5.88. The van der Waals surface area contributed by atoms with Gasteiger partial charge in [0, 0.05) is 37.1 Å². The van der Waals surface area contributed by atoms with E-state index in [-0.39, 0.29) is 5.56 Å². The van der Waals surface area contributed by atoms with Crippen molar-refractivity contribution in [1.29, 1.82) is 0 Å². The topological polar surface area (TPSA) is 74.4 Å². The van der Waals surface area contributed by atoms with E-state index < -0.39 is 0 Å². The Morgan fingerprint density at radius 1 is 1.13 bits per heavy atom. The van der Waals surface area contributed by atoms with Crippen molar-refractivity contribution >= 4 is 16.7 Å². The first-order valence-electron chi connectivity index (χ1n) is 10.6. The van der Waals surface area contributed by atoms with Crippen LogP contribution in [-0.4, -0.2) is 58.2 Å². The van der Waals surface area contributed by atoms with E-state index in [0.717, 1.165) is 66.4 Å². The van der Waals surface area contributed by atoms with Crippen molar-refractivity contribution in [3.05, 3.63) is 63.8 Å². The van der Waals surface area contributed by atoms with Crippen molar-refractivity contribution in [2.45, 2.75) is 38.9 Å². The summed E-state index contributed by atoms with van der Waals surface area (Å²) in [5.74, 6) is 0. The molecule has 0 spiro atoms. The highest BCUT2D eigenvalue weighted by molar-refractivity contribution is 5.74. The second-order valence-corrected chi connectivity index (χ2v) is 8.25. The molecule has 2 aliphatic rings. The Bertz CT molecular complexity index is 1110. The van der Waals surface area contributed by atoms with Gasteiger partial charge in [0.15, 0.2) is 0 Å². The van der Waals surface area contributed by atoms with Crippen LogP contribution in [0.4, 0.5) is 5.69 Å². The minimum absolute atomic E-state index is 0.0199. The lowest BCUT2D eigenvalue weighted by Crippen LogP contribution is -2.59. The Morgan fingerprint density at radius 2 is 2.00 bits per heavy atom. The van der Waals surface area contributed by atoms with Crippen LogP contribution in [-0.2, 0) is 17.7 Å². The highest BCUT2D eigenvalue weighted by atomic mass is 16.5. The molecule has 1 N–H and O–H groups in total. The molecule has 0 amide bonds. The third-order valence-corrected chi connectivity index (χ3v) is 6.34. The van der Waals surface area contributed by atoms with Gasteiger partial charge in [-0.1, -0.05) is 6.92 Å². The lowest BCUT2D eigenvalue weighted by Gasteiger charge is -2.44. The van der Waals surface area contributed by atoms with Gasteiger partial charge in [-0.3, -0.25) is 19.7 Å². The normalized spacial score (nSPS) is 21.9. The number of aryl methyl sites for hydroxylation is 2. The fourth-order valence-electron chi connectivity index (χ4n) is 4.64. The third kappa shape index (κ3) is 3.48. The first-order valence-corrected chi connectivity index (χ1v) is 10.6. The third-order valence-electron chi connectivity index (χ3n) is 6.34. The van der Waals surface area contributed by atoms with Gasteiger partial charge >= 0.3 is 0 Å². The van der Waals surface area contributed by atoms with E-state index in [0.29, 0.717) is 18.5 Å². The van der Waals surface area contributed by atoms with Gasteiger partial charge < -0.3 is 14.6 Å². The summed E-state index contributed by atoms with van der Waals surface area (Å²) in [5.41, 5.74) is 5.71. The number of rotatable bonds is 4. The van der Waals surface area contributed by atoms with Gasteiger partial charge in [-0.2, -0.15) is 0 Å². The monoisotopic (exact) mass is 405 g/mol. The van der Waals surface area contributed by atoms with E-state index in [9.17, 15) is 4.79 Å². The maximum Gasteiger partial charge on any atom is 0.251 e. The molecule has 0 aliphatic carbocycles. The predicted octanol–water partition coefficient (Wildman–Crippen LogP) is 2.28. The van der Waals surface area contributed by atoms with Gasteiger partial charge in [-0.15, -0.1) is 0 Å². The molecule has 0 bridgehead atoms. The number of fused-ring (bicyclic) bond motifs is 2. The van der Waals surface area contributed by atoms with Crippen molar-refractivity contribution in [3.8, 4) is 0 Å². The Hall–Kier alpha value is -2.77. The number of aromatic nitrogens is 3. The Labute approximate surface area is 175 Å². The van der Waals surface area contributed by atoms with Gasteiger partial charge in [0.1, 0.15) is 0 Å². The maximum absolute atomic E-state index is 12.2. The summed E-state index contributed by atoms with van der Waals surface area (Å²) in [6.45, 7) is 8.14. The van der Waals surface area contributed by atoms with E-state index >= 15 is 0 Å². The molecular weight excluding hydrogens is 378 g/mol. The molecule has 0 saturated carbocycles. The van der Waals surface area contributed by atoms with Gasteiger partial charge in [0.2, 0.25) is 0 Å². The van der Waals surface area contributed by atoms with Crippen LogP contribution in [0.5, 0.6) is 0 Å². The number of anilines is 1. The number of nitrogens with one attached hydrogen (secondary N) is 1. The average molecular weight is 406 g/mol. The predicted molar refractivity (Wildman–Crippen MR) is 117 cm³/mol. The minimum atomic E-state index is -0.0199. The lowest BCUT2D eigenvalue weighted by molar-refractivity contribution is 0.131. The van der Waals surface area contributed by atoms with E-state index in [4.69, 9.17) is 4.74 Å². The molecule has 2 unspecified atom stereocenters.